The number of aromatic hydroxyl groups is 2. The average Bonchev–Trinajstić information content (AvgIpc) is 3.88. The predicted octanol–water partition coefficient (Wildman–Crippen LogP) is 6.78. The molecule has 2 aliphatic heterocycles. The maximum absolute atomic E-state index is 9.99. The summed E-state index contributed by atoms with van der Waals surface area (Å²) in [5, 5.41) is 20.0. The molecule has 304 valence electrons. The highest BCUT2D eigenvalue weighted by Crippen LogP contribution is 2.32. The van der Waals surface area contributed by atoms with Gasteiger partial charge >= 0.3 is 0 Å². The maximum Gasteiger partial charge on any atom is 0.228 e. The van der Waals surface area contributed by atoms with Gasteiger partial charge < -0.3 is 38.6 Å². The van der Waals surface area contributed by atoms with E-state index in [1.807, 2.05) is 36.9 Å². The number of fused-ring (bicyclic) bond motifs is 2. The van der Waals surface area contributed by atoms with Gasteiger partial charge in [0.25, 0.3) is 0 Å². The second kappa shape index (κ2) is 17.1. The molecular weight excluding hydrogens is 757 g/mol. The number of rotatable bonds is 8. The van der Waals surface area contributed by atoms with Gasteiger partial charge in [0.05, 0.1) is 52.2 Å². The average molecular weight is 803 g/mol. The maximum atomic E-state index is 9.99. The summed E-state index contributed by atoms with van der Waals surface area (Å²) in [5.74, 6) is 1.72. The Labute approximate surface area is 347 Å². The zero-order chi connectivity index (χ0) is 41.0. The smallest absolute Gasteiger partial charge is 0.228 e. The molecule has 0 radical (unpaired) electrons. The Bertz CT molecular complexity index is 2760. The van der Waals surface area contributed by atoms with E-state index in [1.54, 1.807) is 24.3 Å². The highest BCUT2D eigenvalue weighted by atomic mass is 16.5. The lowest BCUT2D eigenvalue weighted by atomic mass is 10.1. The zero-order valence-electron chi connectivity index (χ0n) is 33.6. The first-order valence-corrected chi connectivity index (χ1v) is 20.2. The second-order valence-corrected chi connectivity index (χ2v) is 15.1. The van der Waals surface area contributed by atoms with Gasteiger partial charge in [0.2, 0.25) is 11.9 Å². The molecule has 4 aromatic carbocycles. The summed E-state index contributed by atoms with van der Waals surface area (Å²) >= 11 is 0. The molecule has 8 aromatic rings. The van der Waals surface area contributed by atoms with E-state index in [4.69, 9.17) is 29.4 Å². The summed E-state index contributed by atoms with van der Waals surface area (Å²) < 4.78 is 15.1. The van der Waals surface area contributed by atoms with Crippen molar-refractivity contribution in [2.45, 2.75) is 26.9 Å². The largest absolute Gasteiger partial charge is 0.508 e. The van der Waals surface area contributed by atoms with Crippen molar-refractivity contribution in [3.63, 3.8) is 0 Å². The predicted molar refractivity (Wildman–Crippen MR) is 231 cm³/mol. The molecule has 60 heavy (non-hydrogen) atoms. The van der Waals surface area contributed by atoms with Crippen LogP contribution in [0.1, 0.15) is 22.3 Å². The Morgan fingerprint density at radius 2 is 1.00 bits per heavy atom. The fraction of sp³-hybridized carbons (Fsp3) is 0.261. The van der Waals surface area contributed by atoms with Gasteiger partial charge in [-0.3, -0.25) is 0 Å². The normalized spacial score (nSPS) is 14.4. The van der Waals surface area contributed by atoms with Crippen LogP contribution in [-0.2, 0) is 22.6 Å². The van der Waals surface area contributed by atoms with Crippen LogP contribution in [0.2, 0.25) is 0 Å². The lowest BCUT2D eigenvalue weighted by Crippen LogP contribution is -2.37. The first-order chi connectivity index (χ1) is 29.3. The number of aromatic nitrogens is 8. The lowest BCUT2D eigenvalue weighted by molar-refractivity contribution is 0.122. The van der Waals surface area contributed by atoms with Crippen LogP contribution in [0, 0.1) is 13.8 Å². The van der Waals surface area contributed by atoms with Gasteiger partial charge in [-0.2, -0.15) is 9.97 Å². The summed E-state index contributed by atoms with van der Waals surface area (Å²) in [6, 6.07) is 31.1. The molecule has 0 spiro atoms. The summed E-state index contributed by atoms with van der Waals surface area (Å²) in [5.41, 5.74) is 10.9. The number of ether oxygens (including phenoxy) is 2. The van der Waals surface area contributed by atoms with Crippen LogP contribution in [-0.4, -0.2) is 102 Å². The van der Waals surface area contributed by atoms with Gasteiger partial charge in [-0.05, 0) is 49.2 Å². The van der Waals surface area contributed by atoms with Crippen molar-refractivity contribution in [1.82, 2.24) is 39.0 Å². The zero-order valence-corrected chi connectivity index (χ0v) is 33.6. The summed E-state index contributed by atoms with van der Waals surface area (Å²) in [6.45, 7) is 11.1. The standard InChI is InChI=1S/2C23H23N5O2/c1-16-4-2-5-17(12-16)14-28-15-24-21-20(18-6-3-7-19(29)13-18)25-23(26-22(21)28)27-8-10-30-11-9-27;1-16-5-7-17(8-6-16)14-28-15-24-21-20(18-3-2-4-19(29)13-18)25-23(26-22(21)28)27-9-11-30-12-10-27/h2-7,12-13,15,29H,8-11,14H2,1H3;2-8,13,15,29H,9-12,14H2,1H3. The van der Waals surface area contributed by atoms with Crippen molar-refractivity contribution in [2.75, 3.05) is 62.4 Å². The number of hydrogen-bond donors (Lipinski definition) is 2. The molecule has 6 heterocycles. The number of anilines is 2. The van der Waals surface area contributed by atoms with Crippen molar-refractivity contribution in [3.05, 3.63) is 132 Å². The van der Waals surface area contributed by atoms with Gasteiger partial charge in [0.1, 0.15) is 33.9 Å². The van der Waals surface area contributed by atoms with Crippen molar-refractivity contribution in [1.29, 1.82) is 0 Å². The molecule has 0 amide bonds. The number of phenolic OH excluding ortho intramolecular Hbond substituents is 2. The number of phenols is 2. The Morgan fingerprint density at radius 3 is 1.48 bits per heavy atom. The van der Waals surface area contributed by atoms with Gasteiger partial charge in [0.15, 0.2) is 11.3 Å². The minimum Gasteiger partial charge on any atom is -0.508 e. The van der Waals surface area contributed by atoms with Crippen LogP contribution in [0.3, 0.4) is 0 Å². The molecular formula is C46H46N10O4. The van der Waals surface area contributed by atoms with E-state index in [9.17, 15) is 10.2 Å². The third-order valence-electron chi connectivity index (χ3n) is 10.6. The van der Waals surface area contributed by atoms with E-state index in [2.05, 4.69) is 91.3 Å². The highest BCUT2D eigenvalue weighted by Gasteiger charge is 2.22. The van der Waals surface area contributed by atoms with Crippen LogP contribution < -0.4 is 9.80 Å². The van der Waals surface area contributed by atoms with Crippen LogP contribution in [0.25, 0.3) is 44.8 Å². The SMILES string of the molecule is Cc1ccc(Cn2cnc3c(-c4cccc(O)c4)nc(N4CCOCC4)nc32)cc1.Cc1cccc(Cn2cnc3c(-c4cccc(O)c4)nc(N4CCOCC4)nc32)c1. The number of nitrogens with zero attached hydrogens (tertiary/aromatic N) is 10. The van der Waals surface area contributed by atoms with Gasteiger partial charge in [0, 0.05) is 37.3 Å². The molecule has 0 bridgehead atoms. The van der Waals surface area contributed by atoms with Gasteiger partial charge in [-0.15, -0.1) is 0 Å². The number of morpholine rings is 2. The molecule has 14 nitrogen and oxygen atoms in total. The second-order valence-electron chi connectivity index (χ2n) is 15.1. The van der Waals surface area contributed by atoms with Crippen molar-refractivity contribution >= 4 is 34.2 Å². The number of hydrogen-bond acceptors (Lipinski definition) is 12. The van der Waals surface area contributed by atoms with Crippen LogP contribution in [0.15, 0.2) is 110 Å². The van der Waals surface area contributed by atoms with Gasteiger partial charge in [-0.1, -0.05) is 83.9 Å². The number of benzene rings is 4. The Hall–Kier alpha value is -6.90. The summed E-state index contributed by atoms with van der Waals surface area (Å²) in [6.07, 6.45) is 3.63. The third-order valence-corrected chi connectivity index (χ3v) is 10.6. The Morgan fingerprint density at radius 1 is 0.517 bits per heavy atom. The lowest BCUT2D eigenvalue weighted by Gasteiger charge is -2.27. The van der Waals surface area contributed by atoms with E-state index in [-0.39, 0.29) is 11.5 Å². The van der Waals surface area contributed by atoms with Crippen LogP contribution >= 0.6 is 0 Å². The van der Waals surface area contributed by atoms with Crippen LogP contribution in [0.5, 0.6) is 11.5 Å². The highest BCUT2D eigenvalue weighted by molar-refractivity contribution is 5.90. The quantitative estimate of drug-likeness (QED) is 0.167. The van der Waals surface area contributed by atoms with E-state index in [0.717, 1.165) is 71.0 Å². The molecule has 0 aliphatic carbocycles. The minimum atomic E-state index is 0.200. The Balaban J connectivity index is 0.000000154. The molecule has 2 N–H and O–H groups in total. The molecule has 0 saturated carbocycles. The van der Waals surface area contributed by atoms with Crippen molar-refractivity contribution in [2.24, 2.45) is 0 Å². The fourth-order valence-electron chi connectivity index (χ4n) is 7.51. The molecule has 0 unspecified atom stereocenters. The third kappa shape index (κ3) is 8.46. The summed E-state index contributed by atoms with van der Waals surface area (Å²) in [4.78, 5) is 33.0. The first kappa shape index (κ1) is 38.6. The topological polar surface area (TPSA) is 153 Å². The van der Waals surface area contributed by atoms with Crippen molar-refractivity contribution < 1.29 is 19.7 Å². The van der Waals surface area contributed by atoms with E-state index >= 15 is 0 Å². The Kier molecular flexibility index (Phi) is 11.0. The molecule has 14 heteroatoms. The molecule has 0 atom stereocenters. The fourth-order valence-corrected chi connectivity index (χ4v) is 7.51. The van der Waals surface area contributed by atoms with Crippen molar-refractivity contribution in [3.8, 4) is 34.0 Å². The molecule has 10 rings (SSSR count). The van der Waals surface area contributed by atoms with Gasteiger partial charge in [-0.25, -0.2) is 19.9 Å². The molecule has 2 saturated heterocycles. The first-order valence-electron chi connectivity index (χ1n) is 20.2. The number of imidazole rings is 2. The summed E-state index contributed by atoms with van der Waals surface area (Å²) in [7, 11) is 0. The monoisotopic (exact) mass is 802 g/mol. The number of aryl methyl sites for hydroxylation is 2. The minimum absolute atomic E-state index is 0.200. The van der Waals surface area contributed by atoms with Crippen LogP contribution in [0.4, 0.5) is 11.9 Å². The van der Waals surface area contributed by atoms with E-state index in [1.165, 1.54) is 22.3 Å². The van der Waals surface area contributed by atoms with E-state index < -0.39 is 0 Å². The van der Waals surface area contributed by atoms with E-state index in [0.29, 0.717) is 51.4 Å². The molecule has 4 aromatic heterocycles. The molecule has 2 aliphatic rings. The molecule has 2 fully saturated rings.